The van der Waals surface area contributed by atoms with Gasteiger partial charge in [0.25, 0.3) is 0 Å². The number of fused-ring (bicyclic) bond motifs is 1. The zero-order chi connectivity index (χ0) is 15.0. The summed E-state index contributed by atoms with van der Waals surface area (Å²) in [4.78, 5) is 7.99. The second-order valence-electron chi connectivity index (χ2n) is 5.14. The number of hydrogen-bond donors (Lipinski definition) is 1. The zero-order valence-electron chi connectivity index (χ0n) is 11.8. The largest absolute Gasteiger partial charge is 0.278 e. The lowest BCUT2D eigenvalue weighted by molar-refractivity contribution is 0.700. The number of nitrogens with zero attached hydrogens (tertiary/aromatic N) is 4. The van der Waals surface area contributed by atoms with Gasteiger partial charge in [0, 0.05) is 22.7 Å². The number of nitriles is 1. The summed E-state index contributed by atoms with van der Waals surface area (Å²) >= 11 is 0. The minimum atomic E-state index is -0.401. The first-order valence-electron chi connectivity index (χ1n) is 6.61. The quantitative estimate of drug-likeness (QED) is 0.810. The first-order chi connectivity index (χ1) is 10.2. The number of aliphatic imine (C=N–C) groups is 1. The van der Waals surface area contributed by atoms with Gasteiger partial charge in [0.2, 0.25) is 0 Å². The molecule has 1 aromatic heterocycles. The van der Waals surface area contributed by atoms with Crippen LogP contribution in [0.25, 0.3) is 15.7 Å². The molecule has 0 amide bonds. The monoisotopic (exact) mass is 275 g/mol. The summed E-state index contributed by atoms with van der Waals surface area (Å²) in [5.74, 6) is -0.661. The summed E-state index contributed by atoms with van der Waals surface area (Å²) in [5, 5.41) is 17.4. The van der Waals surface area contributed by atoms with E-state index in [1.807, 2.05) is 32.0 Å². The Morgan fingerprint density at radius 1 is 1.38 bits per heavy atom. The Bertz CT molecular complexity index is 857. The van der Waals surface area contributed by atoms with Gasteiger partial charge in [0.1, 0.15) is 0 Å². The van der Waals surface area contributed by atoms with Gasteiger partial charge < -0.3 is 0 Å². The maximum Gasteiger partial charge on any atom is 0.195 e. The van der Waals surface area contributed by atoms with E-state index in [-0.39, 0.29) is 5.92 Å². The molecule has 5 heteroatoms. The molecule has 0 saturated carbocycles. The Morgan fingerprint density at radius 2 is 2.19 bits per heavy atom. The Labute approximate surface area is 122 Å². The van der Waals surface area contributed by atoms with Crippen molar-refractivity contribution < 1.29 is 0 Å². The van der Waals surface area contributed by atoms with E-state index in [0.717, 1.165) is 22.2 Å². The van der Waals surface area contributed by atoms with Crippen LogP contribution in [-0.4, -0.2) is 15.9 Å². The van der Waals surface area contributed by atoms with E-state index in [9.17, 15) is 5.26 Å². The first kappa shape index (κ1) is 13.1. The summed E-state index contributed by atoms with van der Waals surface area (Å²) in [6, 6.07) is 8.17. The molecule has 1 aromatic carbocycles. The van der Waals surface area contributed by atoms with E-state index in [1.54, 1.807) is 6.20 Å². The SMILES string of the molecule is [C-]#[N+]C1=C(C)N=C(C)C(C#N)C1c1ccc2[nH]ncc2c1. The van der Waals surface area contributed by atoms with E-state index in [0.29, 0.717) is 11.4 Å². The molecule has 1 aliphatic rings. The molecule has 2 unspecified atom stereocenters. The maximum absolute atomic E-state index is 9.49. The lowest BCUT2D eigenvalue weighted by Gasteiger charge is -2.26. The van der Waals surface area contributed by atoms with Gasteiger partial charge in [-0.3, -0.25) is 10.1 Å². The average Bonchev–Trinajstić information content (AvgIpc) is 2.93. The molecule has 0 radical (unpaired) electrons. The molecule has 0 saturated heterocycles. The predicted octanol–water partition coefficient (Wildman–Crippen LogP) is 3.41. The topological polar surface area (TPSA) is 69.2 Å². The van der Waals surface area contributed by atoms with Crippen LogP contribution >= 0.6 is 0 Å². The summed E-state index contributed by atoms with van der Waals surface area (Å²) in [7, 11) is 0. The van der Waals surface area contributed by atoms with Crippen LogP contribution in [0.2, 0.25) is 0 Å². The van der Waals surface area contributed by atoms with Crippen molar-refractivity contribution in [3.8, 4) is 6.07 Å². The Morgan fingerprint density at radius 3 is 2.90 bits per heavy atom. The normalized spacial score (nSPS) is 21.8. The highest BCUT2D eigenvalue weighted by atomic mass is 15.1. The van der Waals surface area contributed by atoms with Crippen LogP contribution < -0.4 is 0 Å². The smallest absolute Gasteiger partial charge is 0.195 e. The van der Waals surface area contributed by atoms with E-state index in [2.05, 4.69) is 26.1 Å². The van der Waals surface area contributed by atoms with Crippen LogP contribution in [0.4, 0.5) is 0 Å². The fourth-order valence-electron chi connectivity index (χ4n) is 2.84. The van der Waals surface area contributed by atoms with Gasteiger partial charge in [-0.15, -0.1) is 0 Å². The van der Waals surface area contributed by atoms with Crippen molar-refractivity contribution in [2.24, 2.45) is 10.9 Å². The molecule has 0 spiro atoms. The van der Waals surface area contributed by atoms with Gasteiger partial charge in [-0.1, -0.05) is 6.07 Å². The Balaban J connectivity index is 2.20. The van der Waals surface area contributed by atoms with Crippen molar-refractivity contribution in [3.05, 3.63) is 52.8 Å². The fourth-order valence-corrected chi connectivity index (χ4v) is 2.84. The lowest BCUT2D eigenvalue weighted by atomic mass is 9.79. The number of H-pyrrole nitrogens is 1. The van der Waals surface area contributed by atoms with Gasteiger partial charge in [-0.25, -0.2) is 4.85 Å². The molecule has 2 atom stereocenters. The molecule has 2 aromatic rings. The number of aromatic amines is 1. The second kappa shape index (κ2) is 4.88. The molecule has 3 rings (SSSR count). The predicted molar refractivity (Wildman–Crippen MR) is 80.3 cm³/mol. The Kier molecular flexibility index (Phi) is 3.04. The standard InChI is InChI=1S/C16H13N5/c1-9-13(7-17)15(16(18-3)10(2)20-9)11-4-5-14-12(6-11)8-19-21-14/h4-6,8,13,15H,1-2H3,(H,19,21). The van der Waals surface area contributed by atoms with Crippen molar-refractivity contribution in [2.75, 3.05) is 0 Å². The number of rotatable bonds is 1. The van der Waals surface area contributed by atoms with Crippen LogP contribution in [0.3, 0.4) is 0 Å². The van der Waals surface area contributed by atoms with Crippen molar-refractivity contribution in [3.63, 3.8) is 0 Å². The molecular formula is C16H13N5. The highest BCUT2D eigenvalue weighted by Crippen LogP contribution is 2.39. The van der Waals surface area contributed by atoms with Crippen molar-refractivity contribution >= 4 is 16.6 Å². The highest BCUT2D eigenvalue weighted by molar-refractivity contribution is 5.90. The highest BCUT2D eigenvalue weighted by Gasteiger charge is 2.34. The van der Waals surface area contributed by atoms with Crippen molar-refractivity contribution in [2.45, 2.75) is 19.8 Å². The lowest BCUT2D eigenvalue weighted by Crippen LogP contribution is -2.24. The van der Waals surface area contributed by atoms with Crippen LogP contribution in [0.15, 0.2) is 40.8 Å². The molecule has 2 heterocycles. The van der Waals surface area contributed by atoms with Crippen LogP contribution in [0.1, 0.15) is 25.3 Å². The zero-order valence-corrected chi connectivity index (χ0v) is 11.8. The number of aromatic nitrogens is 2. The van der Waals surface area contributed by atoms with E-state index < -0.39 is 5.92 Å². The molecule has 0 bridgehead atoms. The van der Waals surface area contributed by atoms with Gasteiger partial charge in [-0.05, 0) is 31.5 Å². The molecular weight excluding hydrogens is 262 g/mol. The van der Waals surface area contributed by atoms with Gasteiger partial charge >= 0.3 is 0 Å². The summed E-state index contributed by atoms with van der Waals surface area (Å²) in [6.45, 7) is 11.1. The van der Waals surface area contributed by atoms with Gasteiger partial charge in [0.05, 0.1) is 30.3 Å². The third-order valence-electron chi connectivity index (χ3n) is 3.88. The minimum Gasteiger partial charge on any atom is -0.278 e. The number of allylic oxidation sites excluding steroid dienone is 2. The van der Waals surface area contributed by atoms with Crippen LogP contribution in [-0.2, 0) is 0 Å². The minimum absolute atomic E-state index is 0.260. The number of hydrogen-bond acceptors (Lipinski definition) is 3. The fraction of sp³-hybridized carbons (Fsp3) is 0.250. The van der Waals surface area contributed by atoms with Gasteiger partial charge in [-0.2, -0.15) is 10.4 Å². The van der Waals surface area contributed by atoms with E-state index in [1.165, 1.54) is 0 Å². The molecule has 102 valence electrons. The molecule has 0 fully saturated rings. The third-order valence-corrected chi connectivity index (χ3v) is 3.88. The second-order valence-corrected chi connectivity index (χ2v) is 5.14. The molecule has 21 heavy (non-hydrogen) atoms. The number of nitrogens with one attached hydrogen (secondary N) is 1. The number of benzene rings is 1. The molecule has 1 N–H and O–H groups in total. The summed E-state index contributed by atoms with van der Waals surface area (Å²) < 4.78 is 0. The Hall–Kier alpha value is -2.92. The van der Waals surface area contributed by atoms with E-state index in [4.69, 9.17) is 6.57 Å². The van der Waals surface area contributed by atoms with Crippen molar-refractivity contribution in [1.29, 1.82) is 5.26 Å². The third kappa shape index (κ3) is 2.00. The summed E-state index contributed by atoms with van der Waals surface area (Å²) in [5.41, 5.74) is 3.91. The molecule has 5 nitrogen and oxygen atoms in total. The van der Waals surface area contributed by atoms with Gasteiger partial charge in [0.15, 0.2) is 5.70 Å². The molecule has 1 aliphatic heterocycles. The van der Waals surface area contributed by atoms with E-state index >= 15 is 0 Å². The maximum atomic E-state index is 9.49. The average molecular weight is 275 g/mol. The van der Waals surface area contributed by atoms with Crippen LogP contribution in [0.5, 0.6) is 0 Å². The van der Waals surface area contributed by atoms with Crippen molar-refractivity contribution in [1.82, 2.24) is 10.2 Å². The molecule has 0 aliphatic carbocycles. The van der Waals surface area contributed by atoms with Crippen LogP contribution in [0, 0.1) is 23.8 Å². The first-order valence-corrected chi connectivity index (χ1v) is 6.61. The summed E-state index contributed by atoms with van der Waals surface area (Å²) in [6.07, 6.45) is 1.75.